The SMILES string of the molecule is CCC1=NC2(N=[N+]1c1c(Cl)cc(Cl)cc1Cl)C(=O)c1ccccc1C2=O. The van der Waals surface area contributed by atoms with Crippen LogP contribution in [-0.4, -0.2) is 27.8 Å². The van der Waals surface area contributed by atoms with Crippen molar-refractivity contribution in [3.05, 3.63) is 62.6 Å². The van der Waals surface area contributed by atoms with Crippen molar-refractivity contribution in [3.8, 4) is 0 Å². The summed E-state index contributed by atoms with van der Waals surface area (Å²) in [6.07, 6.45) is 0.428. The van der Waals surface area contributed by atoms with Gasteiger partial charge in [0, 0.05) is 16.1 Å². The van der Waals surface area contributed by atoms with Crippen LogP contribution >= 0.6 is 34.8 Å². The molecule has 4 rings (SSSR count). The first kappa shape index (κ1) is 17.3. The van der Waals surface area contributed by atoms with E-state index in [1.165, 1.54) is 16.8 Å². The minimum atomic E-state index is -1.85. The lowest BCUT2D eigenvalue weighted by molar-refractivity contribution is -0.389. The number of Topliss-reactive ketones (excluding diaryl/α,β-unsaturated/α-hetero) is 2. The zero-order chi connectivity index (χ0) is 18.6. The van der Waals surface area contributed by atoms with Crippen LogP contribution in [-0.2, 0) is 0 Å². The summed E-state index contributed by atoms with van der Waals surface area (Å²) < 4.78 is 1.38. The average molecular weight is 408 g/mol. The fraction of sp³-hybridized carbons (Fsp3) is 0.167. The Morgan fingerprint density at radius 3 is 2.04 bits per heavy atom. The lowest BCUT2D eigenvalue weighted by Gasteiger charge is -2.06. The van der Waals surface area contributed by atoms with Gasteiger partial charge in [0.1, 0.15) is 0 Å². The number of rotatable bonds is 2. The highest BCUT2D eigenvalue weighted by atomic mass is 35.5. The molecular weight excluding hydrogens is 397 g/mol. The first-order valence-electron chi connectivity index (χ1n) is 7.84. The quantitative estimate of drug-likeness (QED) is 0.498. The van der Waals surface area contributed by atoms with Gasteiger partial charge in [-0.2, -0.15) is 0 Å². The van der Waals surface area contributed by atoms with Crippen molar-refractivity contribution in [2.24, 2.45) is 10.1 Å². The summed E-state index contributed by atoms with van der Waals surface area (Å²) in [7, 11) is 0. The van der Waals surface area contributed by atoms with E-state index in [0.29, 0.717) is 34.1 Å². The largest absolute Gasteiger partial charge is 0.399 e. The molecule has 8 heteroatoms. The summed E-state index contributed by atoms with van der Waals surface area (Å²) >= 11 is 18.6. The van der Waals surface area contributed by atoms with Crippen molar-refractivity contribution in [1.82, 2.24) is 0 Å². The Bertz CT molecular complexity index is 1000. The maximum Gasteiger partial charge on any atom is 0.399 e. The van der Waals surface area contributed by atoms with E-state index in [0.717, 1.165) is 0 Å². The smallest absolute Gasteiger partial charge is 0.286 e. The van der Waals surface area contributed by atoms with Crippen molar-refractivity contribution in [2.45, 2.75) is 19.0 Å². The van der Waals surface area contributed by atoms with Crippen molar-refractivity contribution in [1.29, 1.82) is 0 Å². The number of nitrogens with zero attached hydrogens (tertiary/aromatic N) is 3. The molecule has 26 heavy (non-hydrogen) atoms. The molecule has 0 unspecified atom stereocenters. The minimum absolute atomic E-state index is 0.250. The van der Waals surface area contributed by atoms with Crippen LogP contribution in [0.1, 0.15) is 34.1 Å². The molecule has 1 aliphatic heterocycles. The predicted octanol–water partition coefficient (Wildman–Crippen LogP) is 5.34. The molecule has 1 heterocycles. The molecule has 0 fully saturated rings. The Morgan fingerprint density at radius 2 is 1.54 bits per heavy atom. The van der Waals surface area contributed by atoms with Crippen molar-refractivity contribution in [2.75, 3.05) is 0 Å². The summed E-state index contributed by atoms with van der Waals surface area (Å²) in [6, 6.07) is 9.65. The van der Waals surface area contributed by atoms with Crippen LogP contribution < -0.4 is 0 Å². The summed E-state index contributed by atoms with van der Waals surface area (Å²) in [5, 5.41) is 5.26. The van der Waals surface area contributed by atoms with Crippen LogP contribution in [0.4, 0.5) is 5.69 Å². The summed E-state index contributed by atoms with van der Waals surface area (Å²) in [6.45, 7) is 1.84. The van der Waals surface area contributed by atoms with Gasteiger partial charge < -0.3 is 0 Å². The monoisotopic (exact) mass is 406 g/mol. The van der Waals surface area contributed by atoms with Gasteiger partial charge in [0.05, 0.1) is 16.5 Å². The summed E-state index contributed by atoms with van der Waals surface area (Å²) in [4.78, 5) is 30.3. The van der Waals surface area contributed by atoms with Gasteiger partial charge in [-0.05, 0) is 22.2 Å². The number of fused-ring (bicyclic) bond motifs is 1. The molecule has 130 valence electrons. The Morgan fingerprint density at radius 1 is 1.00 bits per heavy atom. The summed E-state index contributed by atoms with van der Waals surface area (Å²) in [5.74, 6) is -0.480. The Kier molecular flexibility index (Phi) is 3.99. The number of hydrogen-bond donors (Lipinski definition) is 0. The third kappa shape index (κ3) is 2.28. The molecule has 2 aromatic rings. The van der Waals surface area contributed by atoms with Crippen LogP contribution in [0.15, 0.2) is 46.5 Å². The molecule has 0 aromatic heterocycles. The van der Waals surface area contributed by atoms with Crippen LogP contribution in [0.25, 0.3) is 0 Å². The molecule has 5 nitrogen and oxygen atoms in total. The number of carbonyl (C=O) groups excluding carboxylic acids is 2. The fourth-order valence-electron chi connectivity index (χ4n) is 3.15. The normalized spacial score (nSPS) is 17.5. The second-order valence-electron chi connectivity index (χ2n) is 5.89. The minimum Gasteiger partial charge on any atom is -0.286 e. The number of halogens is 3. The number of aliphatic imine (C=N–C) groups is 1. The number of benzene rings is 2. The van der Waals surface area contributed by atoms with Gasteiger partial charge in [-0.1, -0.05) is 70.7 Å². The second kappa shape index (κ2) is 5.98. The second-order valence-corrected chi connectivity index (χ2v) is 7.14. The number of ketones is 2. The fourth-order valence-corrected chi connectivity index (χ4v) is 4.13. The van der Waals surface area contributed by atoms with Gasteiger partial charge in [0.2, 0.25) is 11.6 Å². The first-order chi connectivity index (χ1) is 12.4. The van der Waals surface area contributed by atoms with Gasteiger partial charge in [0.15, 0.2) is 5.69 Å². The van der Waals surface area contributed by atoms with Gasteiger partial charge >= 0.3 is 11.5 Å². The van der Waals surface area contributed by atoms with Gasteiger partial charge in [0.25, 0.3) is 0 Å². The maximum absolute atomic E-state index is 13.0. The molecule has 2 aromatic carbocycles. The molecular formula is C18H11Cl3N3O2+. The van der Waals surface area contributed by atoms with E-state index in [4.69, 9.17) is 34.8 Å². The Balaban J connectivity index is 1.95. The van der Waals surface area contributed by atoms with Crippen molar-refractivity contribution < 1.29 is 14.3 Å². The third-order valence-corrected chi connectivity index (χ3v) is 5.13. The van der Waals surface area contributed by atoms with E-state index < -0.39 is 17.2 Å². The Hall–Kier alpha value is -2.08. The number of hydrogen-bond acceptors (Lipinski definition) is 4. The molecule has 0 atom stereocenters. The highest BCUT2D eigenvalue weighted by Crippen LogP contribution is 2.42. The van der Waals surface area contributed by atoms with E-state index in [1.807, 2.05) is 6.92 Å². The van der Waals surface area contributed by atoms with Crippen LogP contribution in [0.3, 0.4) is 0 Å². The van der Waals surface area contributed by atoms with E-state index >= 15 is 0 Å². The third-order valence-electron chi connectivity index (χ3n) is 4.34. The van der Waals surface area contributed by atoms with Crippen LogP contribution in [0.5, 0.6) is 0 Å². The molecule has 0 radical (unpaired) electrons. The predicted molar refractivity (Wildman–Crippen MR) is 99.4 cm³/mol. The van der Waals surface area contributed by atoms with Gasteiger partial charge in [-0.25, -0.2) is 0 Å². The molecule has 2 aliphatic rings. The lowest BCUT2D eigenvalue weighted by Crippen LogP contribution is -2.35. The number of azo groups is 2. The highest BCUT2D eigenvalue weighted by Gasteiger charge is 2.64. The summed E-state index contributed by atoms with van der Waals surface area (Å²) in [5.41, 5.74) is -0.876. The molecule has 1 spiro atoms. The molecule has 0 saturated carbocycles. The van der Waals surface area contributed by atoms with Gasteiger partial charge in [-0.3, -0.25) is 9.59 Å². The van der Waals surface area contributed by atoms with E-state index in [9.17, 15) is 9.59 Å². The van der Waals surface area contributed by atoms with Crippen molar-refractivity contribution in [3.63, 3.8) is 0 Å². The van der Waals surface area contributed by atoms with Crippen LogP contribution in [0.2, 0.25) is 15.1 Å². The average Bonchev–Trinajstić information content (AvgIpc) is 3.08. The van der Waals surface area contributed by atoms with Crippen molar-refractivity contribution >= 4 is 57.9 Å². The van der Waals surface area contributed by atoms with Crippen LogP contribution in [0, 0.1) is 0 Å². The molecule has 1 aliphatic carbocycles. The standard InChI is InChI=1S/C18H11Cl3N3O2/c1-2-14-22-18(16(25)10-5-3-4-6-11(10)17(18)26)23-24(14)15-12(20)7-9(19)8-13(15)21/h3-8H,2H2,1H3/q+1. The molecule has 0 amide bonds. The van der Waals surface area contributed by atoms with E-state index in [2.05, 4.69) is 10.1 Å². The molecule has 0 bridgehead atoms. The zero-order valence-corrected chi connectivity index (χ0v) is 15.7. The van der Waals surface area contributed by atoms with E-state index in [-0.39, 0.29) is 10.0 Å². The number of carbonyl (C=O) groups is 2. The Labute approximate surface area is 163 Å². The number of amidine groups is 1. The highest BCUT2D eigenvalue weighted by molar-refractivity contribution is 6.41. The molecule has 0 N–H and O–H groups in total. The maximum atomic E-state index is 13.0. The topological polar surface area (TPSA) is 61.9 Å². The zero-order valence-electron chi connectivity index (χ0n) is 13.5. The van der Waals surface area contributed by atoms with E-state index in [1.54, 1.807) is 24.3 Å². The molecule has 0 saturated heterocycles. The lowest BCUT2D eigenvalue weighted by atomic mass is 10.1. The first-order valence-corrected chi connectivity index (χ1v) is 8.97. The van der Waals surface area contributed by atoms with Gasteiger partial charge in [-0.15, -0.1) is 0 Å².